The molecule has 0 aliphatic carbocycles. The van der Waals surface area contributed by atoms with E-state index in [2.05, 4.69) is 4.98 Å². The van der Waals surface area contributed by atoms with Crippen molar-refractivity contribution in [1.82, 2.24) is 4.98 Å². The van der Waals surface area contributed by atoms with Gasteiger partial charge in [0.15, 0.2) is 5.75 Å². The fourth-order valence-electron chi connectivity index (χ4n) is 1.98. The maximum Gasteiger partial charge on any atom is 0.153 e. The first-order valence-electron chi connectivity index (χ1n) is 6.10. The van der Waals surface area contributed by atoms with Crippen LogP contribution in [0.15, 0.2) is 48.7 Å². The van der Waals surface area contributed by atoms with Gasteiger partial charge in [-0.3, -0.25) is 4.98 Å². The Labute approximate surface area is 131 Å². The summed E-state index contributed by atoms with van der Waals surface area (Å²) in [5.41, 5.74) is 0.804. The fraction of sp³-hybridized carbons (Fsp3) is 0. The summed E-state index contributed by atoms with van der Waals surface area (Å²) in [7, 11) is 0. The Morgan fingerprint density at radius 2 is 1.81 bits per heavy atom. The Hall–Kier alpha value is -2.28. The van der Waals surface area contributed by atoms with Gasteiger partial charge in [-0.2, -0.15) is 5.26 Å². The predicted molar refractivity (Wildman–Crippen MR) is 83.0 cm³/mol. The summed E-state index contributed by atoms with van der Waals surface area (Å²) in [6.07, 6.45) is 1.42. The average molecular weight is 315 g/mol. The molecule has 0 radical (unpaired) electrons. The van der Waals surface area contributed by atoms with Gasteiger partial charge in [0, 0.05) is 11.6 Å². The summed E-state index contributed by atoms with van der Waals surface area (Å²) in [6, 6.07) is 14.7. The number of halogens is 2. The van der Waals surface area contributed by atoms with E-state index in [1.165, 1.54) is 6.20 Å². The Bertz CT molecular complexity index is 858. The maximum atomic E-state index is 9.02. The van der Waals surface area contributed by atoms with Crippen molar-refractivity contribution in [2.45, 2.75) is 0 Å². The van der Waals surface area contributed by atoms with Crippen LogP contribution in [0.5, 0.6) is 11.5 Å². The van der Waals surface area contributed by atoms with Crippen molar-refractivity contribution in [3.63, 3.8) is 0 Å². The van der Waals surface area contributed by atoms with Gasteiger partial charge in [-0.05, 0) is 24.3 Å². The van der Waals surface area contributed by atoms with E-state index in [9.17, 15) is 0 Å². The third kappa shape index (κ3) is 2.52. The van der Waals surface area contributed by atoms with Gasteiger partial charge in [0.2, 0.25) is 0 Å². The number of para-hydroxylation sites is 1. The van der Waals surface area contributed by atoms with E-state index in [0.29, 0.717) is 27.4 Å². The molecule has 0 saturated carbocycles. The highest BCUT2D eigenvalue weighted by Gasteiger charge is 2.14. The first-order valence-corrected chi connectivity index (χ1v) is 6.86. The number of hydrogen-bond donors (Lipinski definition) is 0. The zero-order valence-electron chi connectivity index (χ0n) is 10.7. The third-order valence-corrected chi connectivity index (χ3v) is 3.67. The summed E-state index contributed by atoms with van der Waals surface area (Å²) in [5, 5.41) is 10.3. The van der Waals surface area contributed by atoms with Crippen LogP contribution < -0.4 is 4.74 Å². The van der Waals surface area contributed by atoms with Crippen molar-refractivity contribution in [3.8, 4) is 17.6 Å². The standard InChI is InChI=1S/C16H8Cl2N2O/c17-12-6-7-13(21-11-4-2-1-3-5-11)16-14(12)15(18)10(8-19)9-20-16/h1-7,9H. The molecule has 0 spiro atoms. The van der Waals surface area contributed by atoms with Gasteiger partial charge in [0.05, 0.1) is 15.6 Å². The lowest BCUT2D eigenvalue weighted by Gasteiger charge is -2.10. The summed E-state index contributed by atoms with van der Waals surface area (Å²) >= 11 is 12.4. The van der Waals surface area contributed by atoms with Crippen LogP contribution in [0.4, 0.5) is 0 Å². The molecule has 3 aromatic rings. The van der Waals surface area contributed by atoms with Crippen LogP contribution in [0.1, 0.15) is 5.56 Å². The highest BCUT2D eigenvalue weighted by atomic mass is 35.5. The predicted octanol–water partition coefficient (Wildman–Crippen LogP) is 5.21. The van der Waals surface area contributed by atoms with Crippen molar-refractivity contribution in [2.75, 3.05) is 0 Å². The Morgan fingerprint density at radius 1 is 1.05 bits per heavy atom. The lowest BCUT2D eigenvalue weighted by atomic mass is 10.1. The number of ether oxygens (including phenoxy) is 1. The smallest absolute Gasteiger partial charge is 0.153 e. The molecule has 0 fully saturated rings. The SMILES string of the molecule is N#Cc1cnc2c(Oc3ccccc3)ccc(Cl)c2c1Cl. The van der Waals surface area contributed by atoms with Crippen LogP contribution in [0.3, 0.4) is 0 Å². The van der Waals surface area contributed by atoms with Gasteiger partial charge in [0.25, 0.3) is 0 Å². The number of nitrogens with zero attached hydrogens (tertiary/aromatic N) is 2. The molecule has 0 amide bonds. The van der Waals surface area contributed by atoms with Crippen molar-refractivity contribution >= 4 is 34.1 Å². The first-order chi connectivity index (χ1) is 10.2. The molecule has 1 heterocycles. The number of aromatic nitrogens is 1. The number of rotatable bonds is 2. The summed E-state index contributed by atoms with van der Waals surface area (Å²) in [4.78, 5) is 4.25. The molecule has 2 aromatic carbocycles. The summed E-state index contributed by atoms with van der Waals surface area (Å²) < 4.78 is 5.81. The average Bonchev–Trinajstić information content (AvgIpc) is 2.51. The molecule has 102 valence electrons. The van der Waals surface area contributed by atoms with Crippen LogP contribution >= 0.6 is 23.2 Å². The molecule has 0 aliphatic rings. The second kappa shape index (κ2) is 5.61. The largest absolute Gasteiger partial charge is 0.455 e. The van der Waals surface area contributed by atoms with Gasteiger partial charge < -0.3 is 4.74 Å². The Balaban J connectivity index is 2.20. The van der Waals surface area contributed by atoms with Gasteiger partial charge in [0.1, 0.15) is 17.3 Å². The van der Waals surface area contributed by atoms with E-state index in [-0.39, 0.29) is 10.6 Å². The summed E-state index contributed by atoms with van der Waals surface area (Å²) in [6.45, 7) is 0. The van der Waals surface area contributed by atoms with Gasteiger partial charge in [-0.25, -0.2) is 0 Å². The number of hydrogen-bond acceptors (Lipinski definition) is 3. The number of fused-ring (bicyclic) bond motifs is 1. The minimum absolute atomic E-state index is 0.280. The molecule has 3 rings (SSSR count). The number of benzene rings is 2. The highest BCUT2D eigenvalue weighted by molar-refractivity contribution is 6.42. The molecule has 0 saturated heterocycles. The molecule has 1 aromatic heterocycles. The van der Waals surface area contributed by atoms with E-state index in [4.69, 9.17) is 33.2 Å². The molecular formula is C16H8Cl2N2O. The quantitative estimate of drug-likeness (QED) is 0.652. The highest BCUT2D eigenvalue weighted by Crippen LogP contribution is 2.37. The lowest BCUT2D eigenvalue weighted by Crippen LogP contribution is -1.91. The molecule has 0 N–H and O–H groups in total. The maximum absolute atomic E-state index is 9.02. The van der Waals surface area contributed by atoms with Crippen molar-refractivity contribution in [2.24, 2.45) is 0 Å². The zero-order chi connectivity index (χ0) is 14.8. The van der Waals surface area contributed by atoms with Crippen molar-refractivity contribution in [1.29, 1.82) is 5.26 Å². The minimum atomic E-state index is 0.280. The zero-order valence-corrected chi connectivity index (χ0v) is 12.2. The van der Waals surface area contributed by atoms with Crippen molar-refractivity contribution in [3.05, 3.63) is 64.3 Å². The summed E-state index contributed by atoms with van der Waals surface area (Å²) in [5.74, 6) is 1.22. The van der Waals surface area contributed by atoms with Gasteiger partial charge in [-0.15, -0.1) is 0 Å². The molecule has 0 aliphatic heterocycles. The molecule has 5 heteroatoms. The van der Waals surface area contributed by atoms with E-state index in [1.54, 1.807) is 12.1 Å². The molecule has 21 heavy (non-hydrogen) atoms. The van der Waals surface area contributed by atoms with E-state index in [1.807, 2.05) is 36.4 Å². The van der Waals surface area contributed by atoms with Gasteiger partial charge >= 0.3 is 0 Å². The topological polar surface area (TPSA) is 45.9 Å². The lowest BCUT2D eigenvalue weighted by molar-refractivity contribution is 0.487. The van der Waals surface area contributed by atoms with E-state index >= 15 is 0 Å². The normalized spacial score (nSPS) is 10.3. The minimum Gasteiger partial charge on any atom is -0.455 e. The second-order valence-electron chi connectivity index (χ2n) is 4.28. The van der Waals surface area contributed by atoms with Crippen LogP contribution in [-0.2, 0) is 0 Å². The fourth-order valence-corrected chi connectivity index (χ4v) is 2.56. The van der Waals surface area contributed by atoms with E-state index < -0.39 is 0 Å². The van der Waals surface area contributed by atoms with Crippen LogP contribution in [0, 0.1) is 11.3 Å². The first kappa shape index (κ1) is 13.7. The number of pyridine rings is 1. The van der Waals surface area contributed by atoms with Crippen LogP contribution in [0.2, 0.25) is 10.0 Å². The van der Waals surface area contributed by atoms with Gasteiger partial charge in [-0.1, -0.05) is 41.4 Å². The number of nitriles is 1. The van der Waals surface area contributed by atoms with Crippen LogP contribution in [0.25, 0.3) is 10.9 Å². The molecule has 3 nitrogen and oxygen atoms in total. The molecular weight excluding hydrogens is 307 g/mol. The molecule has 0 bridgehead atoms. The Morgan fingerprint density at radius 3 is 2.52 bits per heavy atom. The van der Waals surface area contributed by atoms with Crippen LogP contribution in [-0.4, -0.2) is 4.98 Å². The van der Waals surface area contributed by atoms with Crippen molar-refractivity contribution < 1.29 is 4.74 Å². The Kier molecular flexibility index (Phi) is 3.66. The molecule has 0 atom stereocenters. The molecule has 0 unspecified atom stereocenters. The third-order valence-electron chi connectivity index (χ3n) is 2.96. The monoisotopic (exact) mass is 314 g/mol. The van der Waals surface area contributed by atoms with E-state index in [0.717, 1.165) is 0 Å². The second-order valence-corrected chi connectivity index (χ2v) is 5.07.